The van der Waals surface area contributed by atoms with Crippen LogP contribution in [-0.2, 0) is 6.54 Å². The summed E-state index contributed by atoms with van der Waals surface area (Å²) in [4.78, 5) is 4.39. The molecule has 6 heteroatoms. The normalized spacial score (nSPS) is 18.2. The molecule has 1 heterocycles. The molecule has 0 unspecified atom stereocenters. The van der Waals surface area contributed by atoms with E-state index in [0.29, 0.717) is 16.9 Å². The van der Waals surface area contributed by atoms with Crippen LogP contribution >= 0.6 is 27.5 Å². The smallest absolute Gasteiger partial charge is 0.144 e. The van der Waals surface area contributed by atoms with Crippen LogP contribution in [0.3, 0.4) is 0 Å². The van der Waals surface area contributed by atoms with Crippen LogP contribution in [0.25, 0.3) is 0 Å². The first-order valence-electron chi connectivity index (χ1n) is 6.75. The van der Waals surface area contributed by atoms with Gasteiger partial charge in [0.2, 0.25) is 0 Å². The van der Waals surface area contributed by atoms with Crippen LogP contribution in [0.2, 0.25) is 0 Å². The van der Waals surface area contributed by atoms with Crippen LogP contribution in [0, 0.1) is 11.6 Å². The summed E-state index contributed by atoms with van der Waals surface area (Å²) in [5.41, 5.74) is 0.144. The van der Waals surface area contributed by atoms with Gasteiger partial charge in [-0.2, -0.15) is 0 Å². The van der Waals surface area contributed by atoms with E-state index in [1.54, 1.807) is 0 Å². The molecule has 1 aromatic carbocycles. The van der Waals surface area contributed by atoms with Crippen molar-refractivity contribution in [1.82, 2.24) is 9.80 Å². The number of nitrogens with zero attached hydrogens (tertiary/aromatic N) is 2. The highest BCUT2D eigenvalue weighted by molar-refractivity contribution is 9.10. The van der Waals surface area contributed by atoms with Gasteiger partial charge in [0.05, 0.1) is 4.47 Å². The lowest BCUT2D eigenvalue weighted by Gasteiger charge is -2.21. The summed E-state index contributed by atoms with van der Waals surface area (Å²) in [6.07, 6.45) is 0.994. The molecule has 112 valence electrons. The van der Waals surface area contributed by atoms with Crippen molar-refractivity contribution in [2.24, 2.45) is 0 Å². The van der Waals surface area contributed by atoms with Crippen LogP contribution in [-0.4, -0.2) is 48.4 Å². The minimum absolute atomic E-state index is 0.144. The van der Waals surface area contributed by atoms with E-state index in [1.807, 2.05) is 0 Å². The topological polar surface area (TPSA) is 6.48 Å². The Morgan fingerprint density at radius 3 is 2.55 bits per heavy atom. The molecule has 0 saturated carbocycles. The van der Waals surface area contributed by atoms with Gasteiger partial charge in [0.15, 0.2) is 0 Å². The molecular weight excluding hydrogens is 350 g/mol. The maximum absolute atomic E-state index is 14.0. The third-order valence-electron chi connectivity index (χ3n) is 3.60. The van der Waals surface area contributed by atoms with Crippen molar-refractivity contribution in [1.29, 1.82) is 0 Å². The van der Waals surface area contributed by atoms with Crippen molar-refractivity contribution >= 4 is 27.5 Å². The number of alkyl halides is 1. The number of rotatable bonds is 4. The van der Waals surface area contributed by atoms with Crippen molar-refractivity contribution in [2.45, 2.75) is 13.0 Å². The molecule has 1 aliphatic rings. The lowest BCUT2D eigenvalue weighted by molar-refractivity contribution is 0.252. The predicted octanol–water partition coefficient (Wildman–Crippen LogP) is 3.47. The number of hydrogen-bond acceptors (Lipinski definition) is 2. The van der Waals surface area contributed by atoms with Crippen LogP contribution < -0.4 is 0 Å². The first kappa shape index (κ1) is 16.1. The third-order valence-corrected chi connectivity index (χ3v) is 4.38. The summed E-state index contributed by atoms with van der Waals surface area (Å²) in [6.45, 7) is 4.73. The fourth-order valence-corrected chi connectivity index (χ4v) is 3.07. The van der Waals surface area contributed by atoms with Crippen LogP contribution in [0.15, 0.2) is 16.6 Å². The average Bonchev–Trinajstić information content (AvgIpc) is 2.65. The summed E-state index contributed by atoms with van der Waals surface area (Å²) in [5.74, 6) is -0.353. The van der Waals surface area contributed by atoms with Gasteiger partial charge in [-0.3, -0.25) is 4.90 Å². The molecule has 1 fully saturated rings. The Kier molecular flexibility index (Phi) is 6.20. The minimum Gasteiger partial charge on any atom is -0.301 e. The summed E-state index contributed by atoms with van der Waals surface area (Å²) in [6, 6.07) is 2.71. The maximum atomic E-state index is 14.0. The molecule has 2 nitrogen and oxygen atoms in total. The summed E-state index contributed by atoms with van der Waals surface area (Å²) < 4.78 is 28.1. The van der Waals surface area contributed by atoms with Crippen molar-refractivity contribution in [2.75, 3.05) is 38.6 Å². The highest BCUT2D eigenvalue weighted by atomic mass is 79.9. The van der Waals surface area contributed by atoms with Gasteiger partial charge in [-0.25, -0.2) is 8.78 Å². The molecule has 2 rings (SSSR count). The second-order valence-corrected chi connectivity index (χ2v) is 6.21. The monoisotopic (exact) mass is 366 g/mol. The highest BCUT2D eigenvalue weighted by Crippen LogP contribution is 2.23. The zero-order valence-corrected chi connectivity index (χ0v) is 13.6. The van der Waals surface area contributed by atoms with Gasteiger partial charge in [-0.1, -0.05) is 0 Å². The fraction of sp³-hybridized carbons (Fsp3) is 0.571. The fourth-order valence-electron chi connectivity index (χ4n) is 2.46. The predicted molar refractivity (Wildman–Crippen MR) is 81.1 cm³/mol. The molecule has 0 aliphatic carbocycles. The zero-order valence-electron chi connectivity index (χ0n) is 11.2. The van der Waals surface area contributed by atoms with Crippen molar-refractivity contribution < 1.29 is 8.78 Å². The molecular formula is C14H18BrClF2N2. The number of hydrogen-bond donors (Lipinski definition) is 0. The second-order valence-electron chi connectivity index (χ2n) is 4.98. The standard InChI is InChI=1S/C14H18BrClF2N2/c15-12-2-3-13(17)11(14(12)18)10-20-6-1-5-19(7-4-16)8-9-20/h2-3H,1,4-10H2. The zero-order chi connectivity index (χ0) is 14.5. The van der Waals surface area contributed by atoms with Crippen molar-refractivity contribution in [3.63, 3.8) is 0 Å². The molecule has 0 aromatic heterocycles. The van der Waals surface area contributed by atoms with E-state index >= 15 is 0 Å². The summed E-state index contributed by atoms with van der Waals surface area (Å²) in [7, 11) is 0. The van der Waals surface area contributed by atoms with E-state index < -0.39 is 11.6 Å². The van der Waals surface area contributed by atoms with Crippen LogP contribution in [0.5, 0.6) is 0 Å². The molecule has 0 N–H and O–H groups in total. The molecule has 0 spiro atoms. The Hall–Kier alpha value is -0.230. The Morgan fingerprint density at radius 1 is 1.10 bits per heavy atom. The van der Waals surface area contributed by atoms with Crippen molar-refractivity contribution in [3.05, 3.63) is 33.8 Å². The maximum Gasteiger partial charge on any atom is 0.144 e. The Balaban J connectivity index is 2.02. The van der Waals surface area contributed by atoms with Gasteiger partial charge < -0.3 is 4.90 Å². The van der Waals surface area contributed by atoms with Gasteiger partial charge in [0.25, 0.3) is 0 Å². The quantitative estimate of drug-likeness (QED) is 0.594. The van der Waals surface area contributed by atoms with E-state index in [1.165, 1.54) is 12.1 Å². The summed E-state index contributed by atoms with van der Waals surface area (Å²) in [5, 5.41) is 0. The van der Waals surface area contributed by atoms with Crippen LogP contribution in [0.1, 0.15) is 12.0 Å². The van der Waals surface area contributed by atoms with Gasteiger partial charge in [-0.15, -0.1) is 11.6 Å². The van der Waals surface area contributed by atoms with Crippen molar-refractivity contribution in [3.8, 4) is 0 Å². The van der Waals surface area contributed by atoms with Gasteiger partial charge in [-0.05, 0) is 47.6 Å². The first-order valence-corrected chi connectivity index (χ1v) is 8.07. The molecule has 0 bridgehead atoms. The van der Waals surface area contributed by atoms with Gasteiger partial charge in [0, 0.05) is 37.6 Å². The van der Waals surface area contributed by atoms with E-state index in [4.69, 9.17) is 11.6 Å². The minimum atomic E-state index is -0.494. The Morgan fingerprint density at radius 2 is 1.80 bits per heavy atom. The van der Waals surface area contributed by atoms with E-state index in [2.05, 4.69) is 25.7 Å². The Bertz CT molecular complexity index is 459. The molecule has 0 radical (unpaired) electrons. The van der Waals surface area contributed by atoms with E-state index in [0.717, 1.165) is 39.1 Å². The number of benzene rings is 1. The summed E-state index contributed by atoms with van der Waals surface area (Å²) >= 11 is 8.86. The molecule has 1 aliphatic heterocycles. The van der Waals surface area contributed by atoms with Crippen LogP contribution in [0.4, 0.5) is 8.78 Å². The second kappa shape index (κ2) is 7.69. The lowest BCUT2D eigenvalue weighted by atomic mass is 10.2. The third kappa shape index (κ3) is 4.13. The van der Waals surface area contributed by atoms with Gasteiger partial charge in [0.1, 0.15) is 11.6 Å². The molecule has 1 saturated heterocycles. The SMILES string of the molecule is Fc1ccc(Br)c(F)c1CN1CCCN(CCCl)CC1. The first-order chi connectivity index (χ1) is 9.61. The van der Waals surface area contributed by atoms with E-state index in [-0.39, 0.29) is 5.56 Å². The van der Waals surface area contributed by atoms with E-state index in [9.17, 15) is 8.78 Å². The molecule has 0 atom stereocenters. The Labute approximate surface area is 131 Å². The lowest BCUT2D eigenvalue weighted by Crippen LogP contribution is -2.32. The molecule has 20 heavy (non-hydrogen) atoms. The largest absolute Gasteiger partial charge is 0.301 e. The van der Waals surface area contributed by atoms with Gasteiger partial charge >= 0.3 is 0 Å². The highest BCUT2D eigenvalue weighted by Gasteiger charge is 2.19. The molecule has 0 amide bonds. The average molecular weight is 368 g/mol. The number of halogens is 4. The molecule has 1 aromatic rings.